The van der Waals surface area contributed by atoms with Gasteiger partial charge in [-0.3, -0.25) is 20.4 Å². The third kappa shape index (κ3) is 5.70. The lowest BCUT2D eigenvalue weighted by molar-refractivity contribution is -0.117. The van der Waals surface area contributed by atoms with Gasteiger partial charge in [-0.2, -0.15) is 0 Å². The van der Waals surface area contributed by atoms with Gasteiger partial charge in [-0.1, -0.05) is 13.0 Å². The third-order valence-corrected chi connectivity index (χ3v) is 3.30. The molecular weight excluding hydrogens is 334 g/mol. The van der Waals surface area contributed by atoms with Crippen LogP contribution in [0.3, 0.4) is 0 Å². The number of H-pyrrole nitrogens is 1. The van der Waals surface area contributed by atoms with E-state index < -0.39 is 11.8 Å². The Morgan fingerprint density at radius 2 is 1.96 bits per heavy atom. The van der Waals surface area contributed by atoms with Gasteiger partial charge in [-0.25, -0.2) is 0 Å². The molecule has 26 heavy (non-hydrogen) atoms. The number of benzene rings is 1. The second kappa shape index (κ2) is 9.93. The number of amides is 2. The maximum Gasteiger partial charge on any atom is 0.286 e. The quantitative estimate of drug-likeness (QED) is 0.500. The smallest absolute Gasteiger partial charge is 0.286 e. The van der Waals surface area contributed by atoms with Crippen molar-refractivity contribution in [2.24, 2.45) is 0 Å². The van der Waals surface area contributed by atoms with Crippen molar-refractivity contribution in [3.05, 3.63) is 53.9 Å². The molecule has 0 aliphatic rings. The average Bonchev–Trinajstić information content (AvgIpc) is 3.18. The van der Waals surface area contributed by atoms with Gasteiger partial charge in [-0.15, -0.1) is 0 Å². The molecule has 2 rings (SSSR count). The molecule has 0 aliphatic carbocycles. The van der Waals surface area contributed by atoms with E-state index in [4.69, 9.17) is 9.47 Å². The van der Waals surface area contributed by atoms with Crippen LogP contribution in [0.1, 0.15) is 36.3 Å². The fourth-order valence-electron chi connectivity index (χ4n) is 2.10. The topological polar surface area (TPSA) is 92.5 Å². The Labute approximate surface area is 152 Å². The molecule has 1 aromatic heterocycles. The summed E-state index contributed by atoms with van der Waals surface area (Å²) in [5.41, 5.74) is 5.78. The molecule has 0 saturated carbocycles. The van der Waals surface area contributed by atoms with Crippen molar-refractivity contribution in [2.75, 3.05) is 13.2 Å². The highest BCUT2D eigenvalue weighted by Gasteiger charge is 2.07. The summed E-state index contributed by atoms with van der Waals surface area (Å²) in [7, 11) is 0. The summed E-state index contributed by atoms with van der Waals surface area (Å²) in [6.07, 6.45) is 5.48. The number of rotatable bonds is 8. The van der Waals surface area contributed by atoms with E-state index in [-0.39, 0.29) is 0 Å². The van der Waals surface area contributed by atoms with Gasteiger partial charge in [0.15, 0.2) is 11.5 Å². The van der Waals surface area contributed by atoms with Crippen molar-refractivity contribution in [1.29, 1.82) is 0 Å². The van der Waals surface area contributed by atoms with E-state index in [0.717, 1.165) is 12.0 Å². The van der Waals surface area contributed by atoms with Crippen LogP contribution >= 0.6 is 0 Å². The number of carbonyl (C=O) groups is 2. The normalized spacial score (nSPS) is 10.5. The molecule has 0 radical (unpaired) electrons. The Kier molecular flexibility index (Phi) is 7.30. The first-order valence-electron chi connectivity index (χ1n) is 8.45. The summed E-state index contributed by atoms with van der Waals surface area (Å²) in [4.78, 5) is 26.3. The van der Waals surface area contributed by atoms with Crippen LogP contribution in [0.25, 0.3) is 6.08 Å². The zero-order valence-corrected chi connectivity index (χ0v) is 14.9. The van der Waals surface area contributed by atoms with Gasteiger partial charge in [0.2, 0.25) is 0 Å². The zero-order valence-electron chi connectivity index (χ0n) is 14.9. The highest BCUT2D eigenvalue weighted by molar-refractivity contribution is 5.96. The van der Waals surface area contributed by atoms with Gasteiger partial charge in [0.1, 0.15) is 5.69 Å². The van der Waals surface area contributed by atoms with E-state index in [0.29, 0.717) is 30.4 Å². The van der Waals surface area contributed by atoms with Gasteiger partial charge >= 0.3 is 0 Å². The zero-order chi connectivity index (χ0) is 18.8. The minimum atomic E-state index is -0.450. The fraction of sp³-hybridized carbons (Fsp3) is 0.263. The second-order valence-corrected chi connectivity index (χ2v) is 5.35. The lowest BCUT2D eigenvalue weighted by Gasteiger charge is -2.12. The van der Waals surface area contributed by atoms with Gasteiger partial charge < -0.3 is 14.5 Å². The number of aromatic nitrogens is 1. The predicted molar refractivity (Wildman–Crippen MR) is 98.8 cm³/mol. The van der Waals surface area contributed by atoms with E-state index in [1.54, 1.807) is 30.5 Å². The maximum absolute atomic E-state index is 11.8. The first-order chi connectivity index (χ1) is 12.6. The molecule has 0 fully saturated rings. The largest absolute Gasteiger partial charge is 0.490 e. The van der Waals surface area contributed by atoms with Crippen molar-refractivity contribution >= 4 is 17.9 Å². The van der Waals surface area contributed by atoms with Crippen molar-refractivity contribution < 1.29 is 19.1 Å². The number of nitrogens with one attached hydrogen (secondary N) is 3. The van der Waals surface area contributed by atoms with Crippen LogP contribution in [-0.4, -0.2) is 30.0 Å². The summed E-state index contributed by atoms with van der Waals surface area (Å²) in [6.45, 7) is 5.05. The molecule has 1 aromatic carbocycles. The van der Waals surface area contributed by atoms with Crippen LogP contribution in [0.15, 0.2) is 42.6 Å². The number of ether oxygens (including phenoxy) is 2. The minimum Gasteiger partial charge on any atom is -0.490 e. The monoisotopic (exact) mass is 357 g/mol. The molecule has 0 aliphatic heterocycles. The molecule has 0 spiro atoms. The number of hydrogen-bond donors (Lipinski definition) is 3. The molecular formula is C19H23N3O4. The standard InChI is InChI=1S/C19H23N3O4/c1-3-12-26-16-9-7-14(13-17(16)25-4-2)8-10-18(23)21-22-19(24)15-6-5-11-20-15/h5-11,13,20H,3-4,12H2,1-2H3,(H,21,23)(H,22,24)/b10-8+. The molecule has 7 nitrogen and oxygen atoms in total. The van der Waals surface area contributed by atoms with E-state index in [2.05, 4.69) is 15.8 Å². The Morgan fingerprint density at radius 1 is 1.12 bits per heavy atom. The molecule has 3 N–H and O–H groups in total. The number of carbonyl (C=O) groups excluding carboxylic acids is 2. The van der Waals surface area contributed by atoms with Crippen LogP contribution in [0, 0.1) is 0 Å². The molecule has 0 bridgehead atoms. The van der Waals surface area contributed by atoms with Gasteiger partial charge in [-0.05, 0) is 49.2 Å². The molecule has 138 valence electrons. The van der Waals surface area contributed by atoms with Gasteiger partial charge in [0.25, 0.3) is 11.8 Å². The molecule has 0 saturated heterocycles. The Hall–Kier alpha value is -3.22. The molecule has 2 aromatic rings. The summed E-state index contributed by atoms with van der Waals surface area (Å²) < 4.78 is 11.2. The predicted octanol–water partition coefficient (Wildman–Crippen LogP) is 2.68. The van der Waals surface area contributed by atoms with Gasteiger partial charge in [0.05, 0.1) is 13.2 Å². The maximum atomic E-state index is 11.8. The SMILES string of the molecule is CCCOc1ccc(/C=C/C(=O)NNC(=O)c2ccc[nH]2)cc1OCC. The van der Waals surface area contributed by atoms with E-state index >= 15 is 0 Å². The first kappa shape index (κ1) is 19.1. The average molecular weight is 357 g/mol. The Bertz CT molecular complexity index is 754. The van der Waals surface area contributed by atoms with Crippen LogP contribution < -0.4 is 20.3 Å². The second-order valence-electron chi connectivity index (χ2n) is 5.35. The Morgan fingerprint density at radius 3 is 2.65 bits per heavy atom. The Balaban J connectivity index is 1.94. The highest BCUT2D eigenvalue weighted by atomic mass is 16.5. The van der Waals surface area contributed by atoms with E-state index in [1.807, 2.05) is 26.0 Å². The molecule has 1 heterocycles. The van der Waals surface area contributed by atoms with Crippen molar-refractivity contribution in [3.63, 3.8) is 0 Å². The molecule has 7 heteroatoms. The lowest BCUT2D eigenvalue weighted by Crippen LogP contribution is -2.40. The lowest BCUT2D eigenvalue weighted by atomic mass is 10.2. The van der Waals surface area contributed by atoms with Crippen LogP contribution in [0.2, 0.25) is 0 Å². The van der Waals surface area contributed by atoms with Crippen LogP contribution in [0.4, 0.5) is 0 Å². The van der Waals surface area contributed by atoms with Gasteiger partial charge in [0, 0.05) is 12.3 Å². The molecule has 0 unspecified atom stereocenters. The summed E-state index contributed by atoms with van der Waals surface area (Å²) in [6, 6.07) is 8.74. The first-order valence-corrected chi connectivity index (χ1v) is 8.45. The van der Waals surface area contributed by atoms with Crippen molar-refractivity contribution in [3.8, 4) is 11.5 Å². The minimum absolute atomic E-state index is 0.360. The van der Waals surface area contributed by atoms with Crippen molar-refractivity contribution in [2.45, 2.75) is 20.3 Å². The third-order valence-electron chi connectivity index (χ3n) is 3.30. The summed E-state index contributed by atoms with van der Waals surface area (Å²) in [5.74, 6) is 0.430. The van der Waals surface area contributed by atoms with E-state index in [1.165, 1.54) is 6.08 Å². The van der Waals surface area contributed by atoms with Crippen LogP contribution in [0.5, 0.6) is 11.5 Å². The number of hydrogen-bond acceptors (Lipinski definition) is 4. The molecule has 0 atom stereocenters. The summed E-state index contributed by atoms with van der Waals surface area (Å²) >= 11 is 0. The van der Waals surface area contributed by atoms with E-state index in [9.17, 15) is 9.59 Å². The fourth-order valence-corrected chi connectivity index (χ4v) is 2.10. The molecule has 2 amide bonds. The number of aromatic amines is 1. The number of hydrazine groups is 1. The highest BCUT2D eigenvalue weighted by Crippen LogP contribution is 2.29. The van der Waals surface area contributed by atoms with Crippen LogP contribution in [-0.2, 0) is 4.79 Å². The summed E-state index contributed by atoms with van der Waals surface area (Å²) in [5, 5.41) is 0. The van der Waals surface area contributed by atoms with Crippen molar-refractivity contribution in [1.82, 2.24) is 15.8 Å².